The molecule has 0 aliphatic heterocycles. The molecule has 0 spiro atoms. The van der Waals surface area contributed by atoms with Crippen LogP contribution in [0.15, 0.2) is 34.8 Å². The number of benzene rings is 1. The van der Waals surface area contributed by atoms with E-state index in [1.807, 2.05) is 30.3 Å². The number of carboxylic acid groups (broad SMARTS) is 1. The van der Waals surface area contributed by atoms with E-state index in [-0.39, 0.29) is 6.42 Å². The zero-order chi connectivity index (χ0) is 11.5. The van der Waals surface area contributed by atoms with Crippen LogP contribution >= 0.6 is 15.9 Å². The molecule has 1 N–H and O–H groups in total. The lowest BCUT2D eigenvalue weighted by atomic mass is 10.1. The summed E-state index contributed by atoms with van der Waals surface area (Å²) in [5.74, 6) is -0.794. The predicted molar refractivity (Wildman–Crippen MR) is 65.4 cm³/mol. The van der Waals surface area contributed by atoms with Crippen LogP contribution in [0.25, 0.3) is 10.9 Å². The monoisotopic (exact) mass is 279 g/mol. The van der Waals surface area contributed by atoms with Gasteiger partial charge in [-0.15, -0.1) is 0 Å². The zero-order valence-electron chi connectivity index (χ0n) is 8.48. The number of hydrogen-bond donors (Lipinski definition) is 1. The Balaban J connectivity index is 2.30. The van der Waals surface area contributed by atoms with E-state index in [9.17, 15) is 4.79 Å². The molecule has 0 aliphatic rings. The Morgan fingerprint density at radius 3 is 2.88 bits per heavy atom. The Labute approximate surface area is 101 Å². The quantitative estimate of drug-likeness (QED) is 0.940. The van der Waals surface area contributed by atoms with Gasteiger partial charge in [-0.2, -0.15) is 0 Å². The van der Waals surface area contributed by atoms with E-state index in [0.717, 1.165) is 21.1 Å². The maximum atomic E-state index is 10.4. The molecule has 0 bridgehead atoms. The average Bonchev–Trinajstić information content (AvgIpc) is 2.26. The van der Waals surface area contributed by atoms with E-state index < -0.39 is 5.97 Å². The minimum atomic E-state index is -0.794. The number of aliphatic carboxylic acids is 1. The number of carboxylic acids is 1. The van der Waals surface area contributed by atoms with Crippen LogP contribution < -0.4 is 0 Å². The van der Waals surface area contributed by atoms with Crippen LogP contribution in [-0.4, -0.2) is 16.1 Å². The summed E-state index contributed by atoms with van der Waals surface area (Å²) in [6, 6.07) is 9.67. The summed E-state index contributed by atoms with van der Waals surface area (Å²) in [4.78, 5) is 14.9. The van der Waals surface area contributed by atoms with E-state index in [0.29, 0.717) is 6.42 Å². The Hall–Kier alpha value is -1.42. The highest BCUT2D eigenvalue weighted by Gasteiger charge is 2.02. The van der Waals surface area contributed by atoms with Crippen molar-refractivity contribution in [3.63, 3.8) is 0 Å². The minimum absolute atomic E-state index is 0.120. The van der Waals surface area contributed by atoms with E-state index >= 15 is 0 Å². The highest BCUT2D eigenvalue weighted by Crippen LogP contribution is 2.18. The molecule has 82 valence electrons. The van der Waals surface area contributed by atoms with Gasteiger partial charge in [0.2, 0.25) is 0 Å². The number of aromatic nitrogens is 1. The molecule has 0 aliphatic carbocycles. The molecular weight excluding hydrogens is 270 g/mol. The molecule has 4 heteroatoms. The van der Waals surface area contributed by atoms with Gasteiger partial charge in [-0.3, -0.25) is 9.78 Å². The van der Waals surface area contributed by atoms with Gasteiger partial charge in [0.15, 0.2) is 0 Å². The van der Waals surface area contributed by atoms with Gasteiger partial charge in [0, 0.05) is 22.0 Å². The van der Waals surface area contributed by atoms with E-state index in [4.69, 9.17) is 5.11 Å². The first-order chi connectivity index (χ1) is 7.65. The van der Waals surface area contributed by atoms with Crippen molar-refractivity contribution < 1.29 is 9.90 Å². The number of carbonyl (C=O) groups is 1. The molecule has 0 saturated carbocycles. The van der Waals surface area contributed by atoms with Gasteiger partial charge in [-0.05, 0) is 24.3 Å². The topological polar surface area (TPSA) is 50.2 Å². The Bertz CT molecular complexity index is 540. The van der Waals surface area contributed by atoms with Crippen LogP contribution in [0.4, 0.5) is 0 Å². The van der Waals surface area contributed by atoms with Gasteiger partial charge in [0.05, 0.1) is 11.9 Å². The maximum absolute atomic E-state index is 10.4. The van der Waals surface area contributed by atoms with Gasteiger partial charge < -0.3 is 5.11 Å². The van der Waals surface area contributed by atoms with Crippen molar-refractivity contribution in [3.05, 3.63) is 40.5 Å². The zero-order valence-corrected chi connectivity index (χ0v) is 10.1. The highest BCUT2D eigenvalue weighted by molar-refractivity contribution is 9.10. The third kappa shape index (κ3) is 2.58. The lowest BCUT2D eigenvalue weighted by Crippen LogP contribution is -1.99. The number of nitrogens with zero attached hydrogens (tertiary/aromatic N) is 1. The van der Waals surface area contributed by atoms with Crippen LogP contribution in [-0.2, 0) is 11.2 Å². The molecule has 16 heavy (non-hydrogen) atoms. The molecule has 1 aromatic carbocycles. The fourth-order valence-corrected chi connectivity index (χ4v) is 1.89. The summed E-state index contributed by atoms with van der Waals surface area (Å²) < 4.78 is 1.01. The molecule has 2 rings (SSSR count). The van der Waals surface area contributed by atoms with Crippen molar-refractivity contribution >= 4 is 32.8 Å². The molecular formula is C12H10BrNO2. The number of pyridine rings is 1. The number of rotatable bonds is 3. The third-order valence-corrected chi connectivity index (χ3v) is 2.80. The molecule has 1 heterocycles. The van der Waals surface area contributed by atoms with Crippen LogP contribution in [0.3, 0.4) is 0 Å². The van der Waals surface area contributed by atoms with Crippen LogP contribution in [0.5, 0.6) is 0 Å². The molecule has 0 saturated heterocycles. The molecule has 2 aromatic rings. The van der Waals surface area contributed by atoms with Gasteiger partial charge >= 0.3 is 5.97 Å². The van der Waals surface area contributed by atoms with Crippen molar-refractivity contribution in [2.24, 2.45) is 0 Å². The molecule has 1 aromatic heterocycles. The smallest absolute Gasteiger partial charge is 0.303 e. The van der Waals surface area contributed by atoms with Crippen LogP contribution in [0.2, 0.25) is 0 Å². The lowest BCUT2D eigenvalue weighted by Gasteiger charge is -2.02. The SMILES string of the molecule is O=C(O)CCc1ccc2cc(Br)ccc2n1. The van der Waals surface area contributed by atoms with Crippen molar-refractivity contribution in [2.75, 3.05) is 0 Å². The average molecular weight is 280 g/mol. The summed E-state index contributed by atoms with van der Waals surface area (Å²) in [5, 5.41) is 9.64. The Kier molecular flexibility index (Phi) is 3.19. The molecule has 0 radical (unpaired) electrons. The van der Waals surface area contributed by atoms with Crippen LogP contribution in [0, 0.1) is 0 Å². The van der Waals surface area contributed by atoms with E-state index in [2.05, 4.69) is 20.9 Å². The standard InChI is InChI=1S/C12H10BrNO2/c13-9-2-5-11-8(7-9)1-3-10(14-11)4-6-12(15)16/h1-3,5,7H,4,6H2,(H,15,16). The third-order valence-electron chi connectivity index (χ3n) is 2.30. The summed E-state index contributed by atoms with van der Waals surface area (Å²) >= 11 is 3.40. The van der Waals surface area contributed by atoms with E-state index in [1.165, 1.54) is 0 Å². The lowest BCUT2D eigenvalue weighted by molar-refractivity contribution is -0.136. The Morgan fingerprint density at radius 2 is 2.12 bits per heavy atom. The highest BCUT2D eigenvalue weighted by atomic mass is 79.9. The maximum Gasteiger partial charge on any atom is 0.303 e. The summed E-state index contributed by atoms with van der Waals surface area (Å²) in [5.41, 5.74) is 1.71. The first-order valence-corrected chi connectivity index (χ1v) is 5.71. The number of fused-ring (bicyclic) bond motifs is 1. The first kappa shape index (κ1) is 11.1. The Morgan fingerprint density at radius 1 is 1.31 bits per heavy atom. The molecule has 0 fully saturated rings. The van der Waals surface area contributed by atoms with Crippen molar-refractivity contribution in [2.45, 2.75) is 12.8 Å². The summed E-state index contributed by atoms with van der Waals surface area (Å²) in [6.07, 6.45) is 0.594. The number of aryl methyl sites for hydroxylation is 1. The van der Waals surface area contributed by atoms with Crippen molar-refractivity contribution in [3.8, 4) is 0 Å². The van der Waals surface area contributed by atoms with Gasteiger partial charge in [-0.25, -0.2) is 0 Å². The molecule has 3 nitrogen and oxygen atoms in total. The van der Waals surface area contributed by atoms with Crippen molar-refractivity contribution in [1.29, 1.82) is 0 Å². The van der Waals surface area contributed by atoms with Crippen LogP contribution in [0.1, 0.15) is 12.1 Å². The normalized spacial score (nSPS) is 10.6. The summed E-state index contributed by atoms with van der Waals surface area (Å²) in [7, 11) is 0. The molecule has 0 atom stereocenters. The van der Waals surface area contributed by atoms with Gasteiger partial charge in [0.25, 0.3) is 0 Å². The van der Waals surface area contributed by atoms with Crippen molar-refractivity contribution in [1.82, 2.24) is 4.98 Å². The largest absolute Gasteiger partial charge is 0.481 e. The fourth-order valence-electron chi connectivity index (χ4n) is 1.51. The van der Waals surface area contributed by atoms with Gasteiger partial charge in [-0.1, -0.05) is 22.0 Å². The number of halogens is 1. The molecule has 0 unspecified atom stereocenters. The van der Waals surface area contributed by atoms with Gasteiger partial charge in [0.1, 0.15) is 0 Å². The fraction of sp³-hybridized carbons (Fsp3) is 0.167. The number of hydrogen-bond acceptors (Lipinski definition) is 2. The summed E-state index contributed by atoms with van der Waals surface area (Å²) in [6.45, 7) is 0. The second-order valence-electron chi connectivity index (χ2n) is 3.53. The molecule has 0 amide bonds. The second-order valence-corrected chi connectivity index (χ2v) is 4.45. The van der Waals surface area contributed by atoms with E-state index in [1.54, 1.807) is 0 Å². The predicted octanol–water partition coefficient (Wildman–Crippen LogP) is 3.01. The first-order valence-electron chi connectivity index (χ1n) is 4.92. The second kappa shape index (κ2) is 4.61. The minimum Gasteiger partial charge on any atom is -0.481 e.